The van der Waals surface area contributed by atoms with Crippen LogP contribution in [0, 0.1) is 5.82 Å². The Morgan fingerprint density at radius 1 is 1.37 bits per heavy atom. The normalized spacial score (nSPS) is 11.5. The molecular formula is C11H9BrClF4NO. The highest BCUT2D eigenvalue weighted by molar-refractivity contribution is 9.10. The Bertz CT molecular complexity index is 466. The van der Waals surface area contributed by atoms with Gasteiger partial charge in [0.15, 0.2) is 0 Å². The van der Waals surface area contributed by atoms with Crippen LogP contribution in [-0.2, 0) is 0 Å². The summed E-state index contributed by atoms with van der Waals surface area (Å²) in [6, 6.07) is 3.52. The molecule has 0 bridgehead atoms. The van der Waals surface area contributed by atoms with Crippen LogP contribution in [0.2, 0.25) is 0 Å². The number of benzene rings is 1. The van der Waals surface area contributed by atoms with Gasteiger partial charge in [-0.15, -0.1) is 11.6 Å². The van der Waals surface area contributed by atoms with Crippen molar-refractivity contribution in [2.24, 2.45) is 0 Å². The number of nitrogens with zero attached hydrogens (tertiary/aromatic N) is 1. The minimum absolute atomic E-state index is 0.167. The van der Waals surface area contributed by atoms with Crippen molar-refractivity contribution in [1.82, 2.24) is 4.90 Å². The highest BCUT2D eigenvalue weighted by Crippen LogP contribution is 2.21. The molecule has 0 unspecified atom stereocenters. The average Bonchev–Trinajstić information content (AvgIpc) is 2.26. The van der Waals surface area contributed by atoms with Gasteiger partial charge in [-0.3, -0.25) is 4.79 Å². The van der Waals surface area contributed by atoms with E-state index in [1.165, 1.54) is 6.07 Å². The van der Waals surface area contributed by atoms with E-state index < -0.39 is 30.0 Å². The van der Waals surface area contributed by atoms with Gasteiger partial charge in [0.1, 0.15) is 12.4 Å². The zero-order chi connectivity index (χ0) is 14.6. The van der Waals surface area contributed by atoms with Gasteiger partial charge in [-0.1, -0.05) is 15.9 Å². The second kappa shape index (κ2) is 6.56. The summed E-state index contributed by atoms with van der Waals surface area (Å²) in [6.45, 7) is -1.77. The first-order valence-corrected chi connectivity index (χ1v) is 6.44. The van der Waals surface area contributed by atoms with E-state index in [1.54, 1.807) is 0 Å². The quantitative estimate of drug-likeness (QED) is 0.589. The van der Waals surface area contributed by atoms with Crippen LogP contribution < -0.4 is 0 Å². The molecule has 1 rings (SSSR count). The van der Waals surface area contributed by atoms with E-state index in [-0.39, 0.29) is 12.4 Å². The van der Waals surface area contributed by atoms with Crippen LogP contribution in [0.4, 0.5) is 17.6 Å². The molecule has 0 heterocycles. The van der Waals surface area contributed by atoms with Gasteiger partial charge < -0.3 is 4.90 Å². The number of hydrogen-bond donors (Lipinski definition) is 0. The minimum atomic E-state index is -4.56. The molecule has 0 aliphatic carbocycles. The lowest BCUT2D eigenvalue weighted by Gasteiger charge is -2.23. The van der Waals surface area contributed by atoms with Gasteiger partial charge in [0, 0.05) is 16.9 Å². The van der Waals surface area contributed by atoms with Crippen molar-refractivity contribution in [2.45, 2.75) is 6.18 Å². The van der Waals surface area contributed by atoms with Gasteiger partial charge in [0.2, 0.25) is 0 Å². The predicted octanol–water partition coefficient (Wildman–Crippen LogP) is 3.83. The van der Waals surface area contributed by atoms with Crippen molar-refractivity contribution in [1.29, 1.82) is 0 Å². The Labute approximate surface area is 120 Å². The lowest BCUT2D eigenvalue weighted by Crippen LogP contribution is -2.40. The molecule has 0 radical (unpaired) electrons. The first-order valence-electron chi connectivity index (χ1n) is 5.11. The molecule has 0 aromatic heterocycles. The van der Waals surface area contributed by atoms with Gasteiger partial charge in [-0.05, 0) is 18.2 Å². The molecule has 0 saturated heterocycles. The molecule has 1 aromatic rings. The van der Waals surface area contributed by atoms with Crippen molar-refractivity contribution in [3.05, 3.63) is 34.1 Å². The third-order valence-corrected chi connectivity index (χ3v) is 2.84. The number of hydrogen-bond acceptors (Lipinski definition) is 1. The van der Waals surface area contributed by atoms with Crippen LogP contribution in [0.5, 0.6) is 0 Å². The van der Waals surface area contributed by atoms with Crippen molar-refractivity contribution in [3.8, 4) is 0 Å². The van der Waals surface area contributed by atoms with Crippen molar-refractivity contribution >= 4 is 33.4 Å². The van der Waals surface area contributed by atoms with Crippen LogP contribution in [0.25, 0.3) is 0 Å². The number of carbonyl (C=O) groups is 1. The summed E-state index contributed by atoms with van der Waals surface area (Å²) in [4.78, 5) is 12.3. The molecule has 19 heavy (non-hydrogen) atoms. The Balaban J connectivity index is 2.99. The lowest BCUT2D eigenvalue weighted by molar-refractivity contribution is -0.140. The summed E-state index contributed by atoms with van der Waals surface area (Å²) >= 11 is 8.36. The Morgan fingerprint density at radius 3 is 2.47 bits per heavy atom. The van der Waals surface area contributed by atoms with Crippen LogP contribution in [0.3, 0.4) is 0 Å². The molecule has 0 saturated carbocycles. The molecule has 2 nitrogen and oxygen atoms in total. The predicted molar refractivity (Wildman–Crippen MR) is 66.8 cm³/mol. The van der Waals surface area contributed by atoms with Crippen molar-refractivity contribution in [3.63, 3.8) is 0 Å². The number of amides is 1. The lowest BCUT2D eigenvalue weighted by atomic mass is 10.2. The van der Waals surface area contributed by atoms with Crippen LogP contribution in [0.1, 0.15) is 10.4 Å². The number of rotatable bonds is 4. The van der Waals surface area contributed by atoms with Crippen molar-refractivity contribution in [2.75, 3.05) is 19.0 Å². The molecule has 0 N–H and O–H groups in total. The molecule has 106 valence electrons. The smallest absolute Gasteiger partial charge is 0.328 e. The Kier molecular flexibility index (Phi) is 5.61. The van der Waals surface area contributed by atoms with E-state index in [2.05, 4.69) is 15.9 Å². The van der Waals surface area contributed by atoms with Gasteiger partial charge in [-0.25, -0.2) is 4.39 Å². The molecule has 0 spiro atoms. The number of halogens is 6. The van der Waals surface area contributed by atoms with Crippen LogP contribution in [-0.4, -0.2) is 36.0 Å². The topological polar surface area (TPSA) is 20.3 Å². The molecule has 0 atom stereocenters. The first kappa shape index (κ1) is 16.2. The van der Waals surface area contributed by atoms with Crippen molar-refractivity contribution < 1.29 is 22.4 Å². The van der Waals surface area contributed by atoms with Gasteiger partial charge >= 0.3 is 6.18 Å². The van der Waals surface area contributed by atoms with Crippen LogP contribution in [0.15, 0.2) is 22.7 Å². The maximum Gasteiger partial charge on any atom is 0.406 e. The summed E-state index contributed by atoms with van der Waals surface area (Å²) in [6.07, 6.45) is -4.56. The average molecular weight is 363 g/mol. The Morgan fingerprint density at radius 2 is 2.00 bits per heavy atom. The number of carbonyl (C=O) groups excluding carboxylic acids is 1. The second-order valence-electron chi connectivity index (χ2n) is 3.66. The fourth-order valence-corrected chi connectivity index (χ4v) is 1.94. The summed E-state index contributed by atoms with van der Waals surface area (Å²) < 4.78 is 50.9. The molecule has 1 aromatic carbocycles. The van der Waals surface area contributed by atoms with Crippen LogP contribution >= 0.6 is 27.5 Å². The summed E-state index contributed by atoms with van der Waals surface area (Å²) in [7, 11) is 0. The molecule has 0 aliphatic rings. The van der Waals surface area contributed by atoms with E-state index >= 15 is 0 Å². The Hall–Kier alpha value is -0.820. The van der Waals surface area contributed by atoms with E-state index in [4.69, 9.17) is 11.6 Å². The zero-order valence-corrected chi connectivity index (χ0v) is 11.8. The summed E-state index contributed by atoms with van der Waals surface area (Å²) in [5.74, 6) is -2.09. The molecular weight excluding hydrogens is 353 g/mol. The highest BCUT2D eigenvalue weighted by atomic mass is 79.9. The fraction of sp³-hybridized carbons (Fsp3) is 0.364. The minimum Gasteiger partial charge on any atom is -0.328 e. The third kappa shape index (κ3) is 4.99. The highest BCUT2D eigenvalue weighted by Gasteiger charge is 2.33. The zero-order valence-electron chi connectivity index (χ0n) is 9.48. The maximum atomic E-state index is 13.5. The fourth-order valence-electron chi connectivity index (χ4n) is 1.40. The maximum absolute atomic E-state index is 13.5. The first-order chi connectivity index (χ1) is 8.74. The molecule has 0 fully saturated rings. The molecule has 8 heteroatoms. The molecule has 0 aliphatic heterocycles. The van der Waals surface area contributed by atoms with E-state index in [1.807, 2.05) is 0 Å². The molecule has 1 amide bonds. The number of alkyl halides is 4. The monoisotopic (exact) mass is 361 g/mol. The van der Waals surface area contributed by atoms with E-state index in [9.17, 15) is 22.4 Å². The van der Waals surface area contributed by atoms with Gasteiger partial charge in [-0.2, -0.15) is 13.2 Å². The van der Waals surface area contributed by atoms with E-state index in [0.717, 1.165) is 12.1 Å². The van der Waals surface area contributed by atoms with E-state index in [0.29, 0.717) is 9.37 Å². The second-order valence-corrected chi connectivity index (χ2v) is 4.95. The largest absolute Gasteiger partial charge is 0.406 e. The van der Waals surface area contributed by atoms with Gasteiger partial charge in [0.25, 0.3) is 5.91 Å². The summed E-state index contributed by atoms with van der Waals surface area (Å²) in [5.41, 5.74) is -0.419. The third-order valence-electron chi connectivity index (χ3n) is 2.17. The summed E-state index contributed by atoms with van der Waals surface area (Å²) in [5, 5.41) is 0. The SMILES string of the molecule is O=C(c1ccc(Br)cc1F)N(CCCl)CC(F)(F)F. The standard InChI is InChI=1S/C11H9BrClF4NO/c12-7-1-2-8(9(14)5-7)10(19)18(4-3-13)6-11(15,16)17/h1-2,5H,3-4,6H2. The van der Waals surface area contributed by atoms with Gasteiger partial charge in [0.05, 0.1) is 5.56 Å².